The normalized spacial score (nSPS) is 10.7. The van der Waals surface area contributed by atoms with Gasteiger partial charge in [0, 0.05) is 4.91 Å². The number of halogens is 4. The summed E-state index contributed by atoms with van der Waals surface area (Å²) < 4.78 is 39.3. The van der Waals surface area contributed by atoms with Crippen LogP contribution in [-0.4, -0.2) is 6.36 Å². The van der Waals surface area contributed by atoms with E-state index in [1.54, 1.807) is 0 Å². The molecule has 0 aliphatic rings. The molecule has 8 heteroatoms. The van der Waals surface area contributed by atoms with Crippen molar-refractivity contribution < 1.29 is 17.9 Å². The van der Waals surface area contributed by atoms with Gasteiger partial charge in [0.1, 0.15) is 5.75 Å². The van der Waals surface area contributed by atoms with E-state index in [1.807, 2.05) is 0 Å². The van der Waals surface area contributed by atoms with Crippen molar-refractivity contribution in [3.8, 4) is 5.75 Å². The lowest BCUT2D eigenvalue weighted by atomic mass is 10.3. The predicted molar refractivity (Wildman–Crippen MR) is 49.6 cm³/mol. The zero-order valence-corrected chi connectivity index (χ0v) is 8.58. The summed E-state index contributed by atoms with van der Waals surface area (Å²) in [4.78, 5) is 2.46. The van der Waals surface area contributed by atoms with E-state index < -0.39 is 12.1 Å². The van der Waals surface area contributed by atoms with Gasteiger partial charge < -0.3 is 4.74 Å². The second kappa shape index (κ2) is 4.41. The molecule has 4 nitrogen and oxygen atoms in total. The summed E-state index contributed by atoms with van der Waals surface area (Å²) in [7, 11) is 0. The number of ether oxygens (including phenoxy) is 1. The third-order valence-electron chi connectivity index (χ3n) is 1.32. The van der Waals surface area contributed by atoms with Crippen LogP contribution < -0.4 is 4.74 Å². The van der Waals surface area contributed by atoms with Gasteiger partial charge in [-0.05, 0) is 27.5 Å². The Balaban J connectivity index is 3.10. The van der Waals surface area contributed by atoms with E-state index in [9.17, 15) is 13.2 Å². The summed E-state index contributed by atoms with van der Waals surface area (Å²) in [6, 6.07) is 3.75. The highest BCUT2D eigenvalue weighted by molar-refractivity contribution is 9.10. The Morgan fingerprint density at radius 2 is 2.07 bits per heavy atom. The standard InChI is InChI=1S/C7H3BrF3N3O/c8-6-4(13-14-12)2-1-3-5(6)15-7(9,10)11/h1-3H. The largest absolute Gasteiger partial charge is 0.573 e. The zero-order valence-electron chi connectivity index (χ0n) is 6.99. The van der Waals surface area contributed by atoms with Gasteiger partial charge in [-0.3, -0.25) is 0 Å². The lowest BCUT2D eigenvalue weighted by molar-refractivity contribution is -0.274. The molecular weight excluding hydrogens is 279 g/mol. The molecule has 80 valence electrons. The topological polar surface area (TPSA) is 58.0 Å². The molecule has 0 atom stereocenters. The molecule has 0 radical (unpaired) electrons. The van der Waals surface area contributed by atoms with Crippen LogP contribution in [0.5, 0.6) is 5.75 Å². The lowest BCUT2D eigenvalue weighted by Gasteiger charge is -2.10. The number of benzene rings is 1. The Hall–Kier alpha value is -1.40. The molecule has 0 aromatic heterocycles. The Morgan fingerprint density at radius 3 is 2.60 bits per heavy atom. The van der Waals surface area contributed by atoms with Crippen molar-refractivity contribution in [1.29, 1.82) is 0 Å². The third kappa shape index (κ3) is 3.34. The summed E-state index contributed by atoms with van der Waals surface area (Å²) in [5, 5.41) is 3.18. The predicted octanol–water partition coefficient (Wildman–Crippen LogP) is 4.29. The number of hydrogen-bond donors (Lipinski definition) is 0. The number of hydrogen-bond acceptors (Lipinski definition) is 2. The molecule has 1 rings (SSSR count). The highest BCUT2D eigenvalue weighted by Gasteiger charge is 2.32. The molecule has 0 aliphatic carbocycles. The minimum Gasteiger partial charge on any atom is -0.405 e. The van der Waals surface area contributed by atoms with E-state index in [4.69, 9.17) is 5.53 Å². The molecule has 0 spiro atoms. The van der Waals surface area contributed by atoms with E-state index in [2.05, 4.69) is 30.7 Å². The fourth-order valence-electron chi connectivity index (χ4n) is 0.828. The van der Waals surface area contributed by atoms with Gasteiger partial charge in [0.05, 0.1) is 10.2 Å². The average Bonchev–Trinajstić information content (AvgIpc) is 2.10. The molecule has 0 amide bonds. The van der Waals surface area contributed by atoms with Crippen molar-refractivity contribution in [1.82, 2.24) is 0 Å². The van der Waals surface area contributed by atoms with Crippen LogP contribution in [0.4, 0.5) is 18.9 Å². The van der Waals surface area contributed by atoms with E-state index in [0.29, 0.717) is 0 Å². The maximum Gasteiger partial charge on any atom is 0.573 e. The maximum absolute atomic E-state index is 11.9. The molecule has 0 fully saturated rings. The lowest BCUT2D eigenvalue weighted by Crippen LogP contribution is -2.17. The van der Waals surface area contributed by atoms with Gasteiger partial charge >= 0.3 is 6.36 Å². The van der Waals surface area contributed by atoms with E-state index in [1.165, 1.54) is 12.1 Å². The molecule has 0 aliphatic heterocycles. The Bertz CT molecular complexity index is 414. The highest BCUT2D eigenvalue weighted by atomic mass is 79.9. The van der Waals surface area contributed by atoms with Crippen molar-refractivity contribution >= 4 is 21.6 Å². The van der Waals surface area contributed by atoms with Crippen LogP contribution in [0, 0.1) is 0 Å². The van der Waals surface area contributed by atoms with E-state index >= 15 is 0 Å². The van der Waals surface area contributed by atoms with Gasteiger partial charge in [0.25, 0.3) is 0 Å². The first-order valence-electron chi connectivity index (χ1n) is 3.53. The second-order valence-electron chi connectivity index (χ2n) is 2.33. The van der Waals surface area contributed by atoms with Crippen LogP contribution >= 0.6 is 15.9 Å². The van der Waals surface area contributed by atoms with Crippen LogP contribution in [0.15, 0.2) is 27.8 Å². The number of nitrogens with zero attached hydrogens (tertiary/aromatic N) is 3. The molecular formula is C7H3BrF3N3O. The maximum atomic E-state index is 11.9. The van der Waals surface area contributed by atoms with E-state index in [0.717, 1.165) is 6.07 Å². The van der Waals surface area contributed by atoms with Gasteiger partial charge in [-0.25, -0.2) is 0 Å². The van der Waals surface area contributed by atoms with Gasteiger partial charge in [0.15, 0.2) is 0 Å². The van der Waals surface area contributed by atoms with Gasteiger partial charge in [-0.15, -0.1) is 13.2 Å². The first-order valence-corrected chi connectivity index (χ1v) is 4.32. The summed E-state index contributed by atoms with van der Waals surface area (Å²) in [6.45, 7) is 0. The second-order valence-corrected chi connectivity index (χ2v) is 3.12. The fraction of sp³-hybridized carbons (Fsp3) is 0.143. The Labute approximate surface area is 90.4 Å². The molecule has 0 saturated heterocycles. The molecule has 0 saturated carbocycles. The van der Waals surface area contributed by atoms with Crippen molar-refractivity contribution in [2.45, 2.75) is 6.36 Å². The minimum atomic E-state index is -4.78. The minimum absolute atomic E-state index is 0.0271. The molecule has 15 heavy (non-hydrogen) atoms. The molecule has 0 N–H and O–H groups in total. The first-order chi connectivity index (χ1) is 6.94. The van der Waals surface area contributed by atoms with Crippen LogP contribution in [0.25, 0.3) is 10.4 Å². The monoisotopic (exact) mass is 281 g/mol. The molecule has 1 aromatic carbocycles. The summed E-state index contributed by atoms with van der Waals surface area (Å²) in [6.07, 6.45) is -4.78. The summed E-state index contributed by atoms with van der Waals surface area (Å²) in [5.41, 5.74) is 8.17. The Kier molecular flexibility index (Phi) is 3.43. The van der Waals surface area contributed by atoms with Crippen LogP contribution in [-0.2, 0) is 0 Å². The quantitative estimate of drug-likeness (QED) is 0.453. The third-order valence-corrected chi connectivity index (χ3v) is 2.12. The van der Waals surface area contributed by atoms with Crippen LogP contribution in [0.1, 0.15) is 0 Å². The van der Waals surface area contributed by atoms with Crippen molar-refractivity contribution in [2.24, 2.45) is 5.11 Å². The molecule has 0 unspecified atom stereocenters. The van der Waals surface area contributed by atoms with Crippen molar-refractivity contribution in [3.63, 3.8) is 0 Å². The smallest absolute Gasteiger partial charge is 0.405 e. The zero-order chi connectivity index (χ0) is 11.5. The van der Waals surface area contributed by atoms with Crippen molar-refractivity contribution in [3.05, 3.63) is 33.1 Å². The molecule has 0 heterocycles. The van der Waals surface area contributed by atoms with Gasteiger partial charge in [-0.2, -0.15) is 0 Å². The summed E-state index contributed by atoms with van der Waals surface area (Å²) in [5.74, 6) is -0.451. The average molecular weight is 282 g/mol. The SMILES string of the molecule is [N-]=[N+]=Nc1cccc(OC(F)(F)F)c1Br. The van der Waals surface area contributed by atoms with Gasteiger partial charge in [-0.1, -0.05) is 17.2 Å². The van der Waals surface area contributed by atoms with Crippen LogP contribution in [0.2, 0.25) is 0 Å². The number of alkyl halides is 3. The first kappa shape index (κ1) is 11.7. The molecule has 0 bridgehead atoms. The van der Waals surface area contributed by atoms with Crippen LogP contribution in [0.3, 0.4) is 0 Å². The molecule has 1 aromatic rings. The highest BCUT2D eigenvalue weighted by Crippen LogP contribution is 2.37. The number of rotatable bonds is 2. The van der Waals surface area contributed by atoms with E-state index in [-0.39, 0.29) is 10.2 Å². The summed E-state index contributed by atoms with van der Waals surface area (Å²) >= 11 is 2.85. The van der Waals surface area contributed by atoms with Gasteiger partial charge in [0.2, 0.25) is 0 Å². The van der Waals surface area contributed by atoms with Crippen molar-refractivity contribution in [2.75, 3.05) is 0 Å². The fourth-order valence-corrected chi connectivity index (χ4v) is 1.25. The number of azide groups is 1. The Morgan fingerprint density at radius 1 is 1.40 bits per heavy atom.